The van der Waals surface area contributed by atoms with Gasteiger partial charge in [0, 0.05) is 5.92 Å². The summed E-state index contributed by atoms with van der Waals surface area (Å²) in [5.74, 6) is -1.13. The predicted molar refractivity (Wildman–Crippen MR) is 106 cm³/mol. The highest BCUT2D eigenvalue weighted by atomic mass is 16.5. The highest BCUT2D eigenvalue weighted by Crippen LogP contribution is 2.35. The molecule has 1 fully saturated rings. The molecule has 1 saturated carbocycles. The van der Waals surface area contributed by atoms with Crippen LogP contribution in [0.4, 0.5) is 0 Å². The molecule has 0 saturated heterocycles. The first-order valence-corrected chi connectivity index (χ1v) is 9.74. The minimum atomic E-state index is -0.737. The molecule has 3 nitrogen and oxygen atoms in total. The summed E-state index contributed by atoms with van der Waals surface area (Å²) in [5, 5.41) is 0. The molecule has 3 heteroatoms. The zero-order valence-corrected chi connectivity index (χ0v) is 15.6. The zero-order chi connectivity index (χ0) is 18.9. The van der Waals surface area contributed by atoms with Gasteiger partial charge in [-0.15, -0.1) is 0 Å². The van der Waals surface area contributed by atoms with Crippen molar-refractivity contribution >= 4 is 11.8 Å². The van der Waals surface area contributed by atoms with Crippen LogP contribution < -0.4 is 0 Å². The maximum atomic E-state index is 12.2. The van der Waals surface area contributed by atoms with Crippen LogP contribution in [-0.4, -0.2) is 17.9 Å². The van der Waals surface area contributed by atoms with Gasteiger partial charge in [-0.25, -0.2) is 4.79 Å². The molecule has 0 bridgehead atoms. The van der Waals surface area contributed by atoms with Crippen molar-refractivity contribution < 1.29 is 14.3 Å². The number of rotatable bonds is 7. The predicted octanol–water partition coefficient (Wildman–Crippen LogP) is 5.01. The van der Waals surface area contributed by atoms with Crippen LogP contribution >= 0.6 is 0 Å². The molecular weight excluding hydrogens is 336 g/mol. The largest absolute Gasteiger partial charge is 0.456 e. The van der Waals surface area contributed by atoms with E-state index in [0.29, 0.717) is 0 Å². The Balaban J connectivity index is 1.52. The van der Waals surface area contributed by atoms with E-state index in [2.05, 4.69) is 24.3 Å². The molecule has 2 atom stereocenters. The lowest BCUT2D eigenvalue weighted by Gasteiger charge is -2.31. The second-order valence-corrected chi connectivity index (χ2v) is 7.04. The van der Waals surface area contributed by atoms with Gasteiger partial charge in [0.05, 0.1) is 0 Å². The average Bonchev–Trinajstić information content (AvgIpc) is 2.73. The first-order valence-electron chi connectivity index (χ1n) is 9.74. The number of ketones is 1. The van der Waals surface area contributed by atoms with Crippen LogP contribution in [0.2, 0.25) is 0 Å². The summed E-state index contributed by atoms with van der Waals surface area (Å²) in [7, 11) is 0. The molecule has 0 N–H and O–H groups in total. The lowest BCUT2D eigenvalue weighted by molar-refractivity contribution is -0.158. The van der Waals surface area contributed by atoms with E-state index >= 15 is 0 Å². The van der Waals surface area contributed by atoms with Gasteiger partial charge < -0.3 is 4.74 Å². The molecular formula is C24H26O3. The van der Waals surface area contributed by atoms with Crippen LogP contribution in [-0.2, 0) is 20.7 Å². The fraction of sp³-hybridized carbons (Fsp3) is 0.333. The van der Waals surface area contributed by atoms with Gasteiger partial charge in [-0.3, -0.25) is 4.79 Å². The molecule has 0 aliphatic heterocycles. The summed E-state index contributed by atoms with van der Waals surface area (Å²) in [5.41, 5.74) is 2.39. The van der Waals surface area contributed by atoms with Crippen LogP contribution in [0, 0.1) is 0 Å². The number of carbonyl (C=O) groups excluding carboxylic acids is 2. The SMILES string of the molecule is O=C(C=CCCc1ccccc1)C(=O)O[C@@H]1CCCC[C@H]1c1ccccc1. The van der Waals surface area contributed by atoms with E-state index < -0.39 is 11.8 Å². The normalized spacial score (nSPS) is 19.7. The molecule has 140 valence electrons. The van der Waals surface area contributed by atoms with E-state index in [0.717, 1.165) is 38.5 Å². The van der Waals surface area contributed by atoms with Crippen LogP contribution in [0.3, 0.4) is 0 Å². The molecule has 1 aliphatic rings. The number of carbonyl (C=O) groups is 2. The number of esters is 1. The fourth-order valence-corrected chi connectivity index (χ4v) is 3.67. The van der Waals surface area contributed by atoms with Gasteiger partial charge in [0.1, 0.15) is 6.10 Å². The quantitative estimate of drug-likeness (QED) is 0.395. The van der Waals surface area contributed by atoms with Crippen molar-refractivity contribution in [3.05, 3.63) is 83.9 Å². The first-order chi connectivity index (χ1) is 13.2. The molecule has 0 radical (unpaired) electrons. The van der Waals surface area contributed by atoms with E-state index in [1.165, 1.54) is 17.2 Å². The summed E-state index contributed by atoms with van der Waals surface area (Å²) < 4.78 is 5.60. The van der Waals surface area contributed by atoms with Crippen molar-refractivity contribution in [2.45, 2.75) is 50.5 Å². The van der Waals surface area contributed by atoms with Gasteiger partial charge in [0.2, 0.25) is 0 Å². The van der Waals surface area contributed by atoms with Gasteiger partial charge in [-0.2, -0.15) is 0 Å². The van der Waals surface area contributed by atoms with E-state index in [1.807, 2.05) is 36.4 Å². The second-order valence-electron chi connectivity index (χ2n) is 7.04. The Morgan fingerprint density at radius 2 is 1.59 bits per heavy atom. The third kappa shape index (κ3) is 5.65. The summed E-state index contributed by atoms with van der Waals surface area (Å²) in [6, 6.07) is 20.2. The minimum Gasteiger partial charge on any atom is -0.456 e. The van der Waals surface area contributed by atoms with Gasteiger partial charge in [0.25, 0.3) is 5.78 Å². The van der Waals surface area contributed by atoms with E-state index in [9.17, 15) is 9.59 Å². The van der Waals surface area contributed by atoms with Crippen LogP contribution in [0.1, 0.15) is 49.1 Å². The Morgan fingerprint density at radius 1 is 0.926 bits per heavy atom. The maximum absolute atomic E-state index is 12.2. The number of allylic oxidation sites excluding steroid dienone is 1. The number of hydrogen-bond acceptors (Lipinski definition) is 3. The standard InChI is InChI=1S/C24H26O3/c25-22(17-9-7-13-19-11-3-1-4-12-19)24(26)27-23-18-10-8-16-21(23)20-14-5-2-6-15-20/h1-6,9,11-12,14-15,17,21,23H,7-8,10,13,16,18H2/t21-,23+/m0/s1. The second kappa shape index (κ2) is 9.86. The van der Waals surface area contributed by atoms with Crippen molar-refractivity contribution in [2.75, 3.05) is 0 Å². The summed E-state index contributed by atoms with van der Waals surface area (Å²) in [6.45, 7) is 0. The van der Waals surface area contributed by atoms with Gasteiger partial charge in [-0.05, 0) is 49.3 Å². The van der Waals surface area contributed by atoms with Crippen molar-refractivity contribution in [3.63, 3.8) is 0 Å². The van der Waals surface area contributed by atoms with Crippen molar-refractivity contribution in [2.24, 2.45) is 0 Å². The molecule has 2 aromatic rings. The molecule has 27 heavy (non-hydrogen) atoms. The molecule has 0 heterocycles. The van der Waals surface area contributed by atoms with E-state index in [1.54, 1.807) is 6.08 Å². The van der Waals surface area contributed by atoms with Crippen molar-refractivity contribution in [1.82, 2.24) is 0 Å². The van der Waals surface area contributed by atoms with Gasteiger partial charge in [-0.1, -0.05) is 73.2 Å². The molecule has 3 rings (SSSR count). The van der Waals surface area contributed by atoms with Crippen LogP contribution in [0.15, 0.2) is 72.8 Å². The van der Waals surface area contributed by atoms with Crippen molar-refractivity contribution in [3.8, 4) is 0 Å². The number of benzene rings is 2. The molecule has 0 unspecified atom stereocenters. The average molecular weight is 362 g/mol. The summed E-state index contributed by atoms with van der Waals surface area (Å²) in [4.78, 5) is 24.3. The van der Waals surface area contributed by atoms with Crippen molar-refractivity contribution in [1.29, 1.82) is 0 Å². The minimum absolute atomic E-state index is 0.179. The third-order valence-electron chi connectivity index (χ3n) is 5.10. The molecule has 1 aliphatic carbocycles. The Morgan fingerprint density at radius 3 is 2.33 bits per heavy atom. The number of hydrogen-bond donors (Lipinski definition) is 0. The lowest BCUT2D eigenvalue weighted by Crippen LogP contribution is -2.31. The Hall–Kier alpha value is -2.68. The monoisotopic (exact) mass is 362 g/mol. The number of ether oxygens (including phenoxy) is 1. The smallest absolute Gasteiger partial charge is 0.379 e. The summed E-state index contributed by atoms with van der Waals surface area (Å²) >= 11 is 0. The Labute approximate surface area is 161 Å². The molecule has 0 amide bonds. The van der Waals surface area contributed by atoms with E-state index in [-0.39, 0.29) is 12.0 Å². The van der Waals surface area contributed by atoms with Crippen LogP contribution in [0.25, 0.3) is 0 Å². The topological polar surface area (TPSA) is 43.4 Å². The van der Waals surface area contributed by atoms with Gasteiger partial charge >= 0.3 is 5.97 Å². The molecule has 0 aromatic heterocycles. The molecule has 2 aromatic carbocycles. The van der Waals surface area contributed by atoms with Gasteiger partial charge in [0.15, 0.2) is 0 Å². The highest BCUT2D eigenvalue weighted by Gasteiger charge is 2.30. The number of aryl methyl sites for hydroxylation is 1. The Kier molecular flexibility index (Phi) is 6.97. The lowest BCUT2D eigenvalue weighted by atomic mass is 9.81. The Bertz CT molecular complexity index is 765. The fourth-order valence-electron chi connectivity index (χ4n) is 3.67. The first kappa shape index (κ1) is 19.1. The highest BCUT2D eigenvalue weighted by molar-refractivity contribution is 6.38. The maximum Gasteiger partial charge on any atom is 0.379 e. The zero-order valence-electron chi connectivity index (χ0n) is 15.6. The molecule has 0 spiro atoms. The third-order valence-corrected chi connectivity index (χ3v) is 5.10. The summed E-state index contributed by atoms with van der Waals surface area (Å²) in [6.07, 6.45) is 8.42. The van der Waals surface area contributed by atoms with E-state index in [4.69, 9.17) is 4.74 Å². The van der Waals surface area contributed by atoms with Crippen LogP contribution in [0.5, 0.6) is 0 Å².